The number of nitrogens with zero attached hydrogens (tertiary/aromatic N) is 3. The predicted molar refractivity (Wildman–Crippen MR) is 118 cm³/mol. The van der Waals surface area contributed by atoms with Crippen molar-refractivity contribution in [3.05, 3.63) is 93.4 Å². The maximum atomic E-state index is 13.7. The van der Waals surface area contributed by atoms with E-state index >= 15 is 0 Å². The van der Waals surface area contributed by atoms with Gasteiger partial charge in [-0.15, -0.1) is 0 Å². The Kier molecular flexibility index (Phi) is 5.49. The Hall–Kier alpha value is -3.63. The fourth-order valence-electron chi connectivity index (χ4n) is 3.66. The van der Waals surface area contributed by atoms with Gasteiger partial charge in [0.05, 0.1) is 23.1 Å². The van der Waals surface area contributed by atoms with E-state index < -0.39 is 5.91 Å². The van der Waals surface area contributed by atoms with Crippen LogP contribution in [0.2, 0.25) is 0 Å². The van der Waals surface area contributed by atoms with E-state index in [9.17, 15) is 19.2 Å². The smallest absolute Gasteiger partial charge is 0.293 e. The van der Waals surface area contributed by atoms with Gasteiger partial charge in [0.1, 0.15) is 5.82 Å². The summed E-state index contributed by atoms with van der Waals surface area (Å²) in [5, 5.41) is 8.89. The van der Waals surface area contributed by atoms with Crippen molar-refractivity contribution >= 4 is 29.0 Å². The lowest BCUT2D eigenvalue weighted by molar-refractivity contribution is -0.123. The molecule has 7 heteroatoms. The van der Waals surface area contributed by atoms with Crippen molar-refractivity contribution in [3.8, 4) is 11.8 Å². The number of hydrogen-bond acceptors (Lipinski definition) is 4. The van der Waals surface area contributed by atoms with Crippen LogP contribution in [0.3, 0.4) is 0 Å². The third-order valence-corrected chi connectivity index (χ3v) is 6.07. The molecular weight excluding hydrogens is 413 g/mol. The van der Waals surface area contributed by atoms with Crippen molar-refractivity contribution in [2.45, 2.75) is 20.4 Å². The fraction of sp³-hybridized carbons (Fsp3) is 0.125. The first-order valence-electron chi connectivity index (χ1n) is 9.57. The molecule has 3 aromatic rings. The molecule has 0 spiro atoms. The zero-order valence-electron chi connectivity index (χ0n) is 16.9. The van der Waals surface area contributed by atoms with Crippen LogP contribution in [0, 0.1) is 31.0 Å². The van der Waals surface area contributed by atoms with Gasteiger partial charge in [0.2, 0.25) is 0 Å². The van der Waals surface area contributed by atoms with Gasteiger partial charge in [-0.1, -0.05) is 24.3 Å². The number of aromatic nitrogens is 1. The number of benzene rings is 2. The Bertz CT molecular complexity index is 1290. The molecule has 0 aliphatic carbocycles. The van der Waals surface area contributed by atoms with Crippen LogP contribution in [0.25, 0.3) is 11.8 Å². The number of carbonyl (C=O) groups is 2. The van der Waals surface area contributed by atoms with E-state index in [-0.39, 0.29) is 17.6 Å². The van der Waals surface area contributed by atoms with Crippen molar-refractivity contribution in [2.24, 2.45) is 0 Å². The highest BCUT2D eigenvalue weighted by atomic mass is 32.2. The zero-order valence-corrected chi connectivity index (χ0v) is 17.7. The molecule has 1 aromatic heterocycles. The van der Waals surface area contributed by atoms with Gasteiger partial charge in [0.15, 0.2) is 0 Å². The van der Waals surface area contributed by atoms with Crippen molar-refractivity contribution < 1.29 is 14.0 Å². The summed E-state index contributed by atoms with van der Waals surface area (Å²) in [4.78, 5) is 26.9. The highest BCUT2D eigenvalue weighted by Gasteiger charge is 2.35. The van der Waals surface area contributed by atoms with Crippen LogP contribution < -0.4 is 0 Å². The van der Waals surface area contributed by atoms with E-state index in [1.807, 2.05) is 30.5 Å². The quantitative estimate of drug-likeness (QED) is 0.523. The molecule has 2 heterocycles. The van der Waals surface area contributed by atoms with Crippen LogP contribution in [0.5, 0.6) is 0 Å². The monoisotopic (exact) mass is 431 g/mol. The number of nitriles is 1. The lowest BCUT2D eigenvalue weighted by Crippen LogP contribution is -2.27. The molecule has 1 fully saturated rings. The maximum absolute atomic E-state index is 13.7. The second-order valence-corrected chi connectivity index (χ2v) is 8.17. The maximum Gasteiger partial charge on any atom is 0.293 e. The first-order chi connectivity index (χ1) is 14.9. The highest BCUT2D eigenvalue weighted by Crippen LogP contribution is 2.35. The molecule has 0 N–H and O–H groups in total. The summed E-state index contributed by atoms with van der Waals surface area (Å²) in [6.45, 7) is 3.84. The van der Waals surface area contributed by atoms with E-state index in [4.69, 9.17) is 0 Å². The highest BCUT2D eigenvalue weighted by molar-refractivity contribution is 8.18. The Balaban J connectivity index is 1.65. The summed E-state index contributed by atoms with van der Waals surface area (Å²) >= 11 is 0.878. The fourth-order valence-corrected chi connectivity index (χ4v) is 4.49. The van der Waals surface area contributed by atoms with E-state index in [0.717, 1.165) is 33.6 Å². The standard InChI is InChI=1S/C24H18FN3O2S/c1-15-10-19(16(2)28(15)21-9-5-8-20(25)12-21)11-22-23(29)27(24(30)31-22)14-18-7-4-3-6-17(18)13-26/h3-12H,14H2,1-2H3/b22-11+. The number of amides is 2. The number of thioether (sulfide) groups is 1. The number of carbonyl (C=O) groups excluding carboxylic acids is 2. The Labute approximate surface area is 183 Å². The van der Waals surface area contributed by atoms with Gasteiger partial charge in [0.25, 0.3) is 11.1 Å². The van der Waals surface area contributed by atoms with Crippen molar-refractivity contribution in [2.75, 3.05) is 0 Å². The molecule has 1 saturated heterocycles. The minimum atomic E-state index is -0.390. The summed E-state index contributed by atoms with van der Waals surface area (Å²) in [5.41, 5.74) is 4.25. The van der Waals surface area contributed by atoms with Gasteiger partial charge in [-0.05, 0) is 73.1 Å². The number of rotatable bonds is 4. The van der Waals surface area contributed by atoms with E-state index in [0.29, 0.717) is 21.7 Å². The molecule has 2 aromatic carbocycles. The predicted octanol–water partition coefficient (Wildman–Crippen LogP) is 5.34. The summed E-state index contributed by atoms with van der Waals surface area (Å²) in [6.07, 6.45) is 1.69. The molecule has 31 heavy (non-hydrogen) atoms. The molecule has 0 radical (unpaired) electrons. The minimum Gasteiger partial charge on any atom is -0.318 e. The zero-order chi connectivity index (χ0) is 22.1. The Morgan fingerprint density at radius 3 is 2.61 bits per heavy atom. The third-order valence-electron chi connectivity index (χ3n) is 5.16. The minimum absolute atomic E-state index is 0.0497. The van der Waals surface area contributed by atoms with Crippen molar-refractivity contribution in [1.29, 1.82) is 5.26 Å². The summed E-state index contributed by atoms with van der Waals surface area (Å²) in [6, 6.07) is 17.2. The summed E-state index contributed by atoms with van der Waals surface area (Å²) in [7, 11) is 0. The molecular formula is C24H18FN3O2S. The molecule has 0 saturated carbocycles. The second-order valence-electron chi connectivity index (χ2n) is 7.18. The number of halogens is 1. The number of aryl methyl sites for hydroxylation is 1. The summed E-state index contributed by atoms with van der Waals surface area (Å²) in [5.74, 6) is -0.719. The van der Waals surface area contributed by atoms with Gasteiger partial charge >= 0.3 is 0 Å². The molecule has 5 nitrogen and oxygen atoms in total. The topological polar surface area (TPSA) is 66.1 Å². The SMILES string of the molecule is Cc1cc(/C=C2/SC(=O)N(Cc3ccccc3C#N)C2=O)c(C)n1-c1cccc(F)c1. The van der Waals surface area contributed by atoms with Crippen molar-refractivity contribution in [3.63, 3.8) is 0 Å². The first kappa shape index (κ1) is 20.6. The number of hydrogen-bond donors (Lipinski definition) is 0. The molecule has 1 aliphatic rings. The van der Waals surface area contributed by atoms with Gasteiger partial charge < -0.3 is 4.57 Å². The molecule has 154 valence electrons. The van der Waals surface area contributed by atoms with Gasteiger partial charge in [0, 0.05) is 17.1 Å². The van der Waals surface area contributed by atoms with E-state index in [1.54, 1.807) is 36.4 Å². The average Bonchev–Trinajstić information content (AvgIpc) is 3.17. The van der Waals surface area contributed by atoms with E-state index in [2.05, 4.69) is 6.07 Å². The third kappa shape index (κ3) is 3.90. The lowest BCUT2D eigenvalue weighted by atomic mass is 10.1. The molecule has 0 atom stereocenters. The lowest BCUT2D eigenvalue weighted by Gasteiger charge is -2.13. The van der Waals surface area contributed by atoms with Crippen LogP contribution >= 0.6 is 11.8 Å². The summed E-state index contributed by atoms with van der Waals surface area (Å²) < 4.78 is 15.6. The van der Waals surface area contributed by atoms with Crippen LogP contribution in [0.1, 0.15) is 28.1 Å². The Morgan fingerprint density at radius 1 is 1.10 bits per heavy atom. The molecule has 1 aliphatic heterocycles. The van der Waals surface area contributed by atoms with Crippen LogP contribution in [-0.4, -0.2) is 20.6 Å². The van der Waals surface area contributed by atoms with Crippen LogP contribution in [-0.2, 0) is 11.3 Å². The first-order valence-corrected chi connectivity index (χ1v) is 10.4. The van der Waals surface area contributed by atoms with E-state index in [1.165, 1.54) is 12.1 Å². The largest absolute Gasteiger partial charge is 0.318 e. The average molecular weight is 431 g/mol. The van der Waals surface area contributed by atoms with Gasteiger partial charge in [-0.3, -0.25) is 14.5 Å². The molecule has 0 unspecified atom stereocenters. The van der Waals surface area contributed by atoms with Crippen LogP contribution in [0.4, 0.5) is 9.18 Å². The van der Waals surface area contributed by atoms with Crippen molar-refractivity contribution in [1.82, 2.24) is 9.47 Å². The van der Waals surface area contributed by atoms with Gasteiger partial charge in [-0.2, -0.15) is 5.26 Å². The second kappa shape index (κ2) is 8.25. The molecule has 0 bridgehead atoms. The Morgan fingerprint density at radius 2 is 1.87 bits per heavy atom. The van der Waals surface area contributed by atoms with Gasteiger partial charge in [-0.25, -0.2) is 4.39 Å². The molecule has 4 rings (SSSR count). The normalized spacial score (nSPS) is 15.0. The van der Waals surface area contributed by atoms with Crippen LogP contribution in [0.15, 0.2) is 59.5 Å². The molecule has 2 amide bonds. The number of imide groups is 1.